The van der Waals surface area contributed by atoms with Crippen LogP contribution in [0.2, 0.25) is 0 Å². The SMILES string of the molecule is O=C1OC(=O)c2c(C(c3ccc(F)cc3F)(c3ccc(C(F)(F)F)c4c3C(=O)OC4=O)C(F)(F)F)ccc(C(F)(F)F)c21. The third-order valence-electron chi connectivity index (χ3n) is 6.78. The Kier molecular flexibility index (Phi) is 6.26. The Hall–Kier alpha value is -4.83. The maximum absolute atomic E-state index is 15.6. The van der Waals surface area contributed by atoms with Gasteiger partial charge < -0.3 is 9.47 Å². The molecule has 2 aliphatic rings. The molecule has 0 aliphatic carbocycles. The van der Waals surface area contributed by atoms with Gasteiger partial charge in [0.25, 0.3) is 0 Å². The molecule has 0 radical (unpaired) electrons. The third kappa shape index (κ3) is 4.16. The fourth-order valence-electron chi connectivity index (χ4n) is 5.21. The standard InChI is InChI=1S/C26H7F11O6/c27-8-1-2-9(14(28)7-8)23(26(35,36)37,10-3-5-12(24(29,30)31)17-15(10)19(38)42-21(17)40)11-4-6-13(25(32,33)34)18-16(11)20(39)43-22(18)41/h1-7H. The van der Waals surface area contributed by atoms with Gasteiger partial charge in [0, 0.05) is 11.6 Å². The molecule has 17 heteroatoms. The summed E-state index contributed by atoms with van der Waals surface area (Å²) in [4.78, 5) is 49.9. The topological polar surface area (TPSA) is 86.7 Å². The minimum atomic E-state index is -6.13. The molecule has 0 spiro atoms. The molecule has 43 heavy (non-hydrogen) atoms. The van der Waals surface area contributed by atoms with Crippen LogP contribution in [0.3, 0.4) is 0 Å². The fourth-order valence-corrected chi connectivity index (χ4v) is 5.21. The molecule has 2 aliphatic heterocycles. The second-order valence-electron chi connectivity index (χ2n) is 9.04. The molecule has 0 aromatic heterocycles. The highest BCUT2D eigenvalue weighted by atomic mass is 19.4. The summed E-state index contributed by atoms with van der Waals surface area (Å²) in [5, 5.41) is 0. The van der Waals surface area contributed by atoms with Crippen LogP contribution in [0.15, 0.2) is 42.5 Å². The first-order valence-corrected chi connectivity index (χ1v) is 11.3. The predicted octanol–water partition coefficient (Wildman–Crippen LogP) is 6.52. The minimum Gasteiger partial charge on any atom is -0.386 e. The van der Waals surface area contributed by atoms with Crippen molar-refractivity contribution in [1.29, 1.82) is 0 Å². The highest BCUT2D eigenvalue weighted by molar-refractivity contribution is 6.18. The fraction of sp³-hybridized carbons (Fsp3) is 0.154. The van der Waals surface area contributed by atoms with Crippen LogP contribution in [0.25, 0.3) is 0 Å². The Labute approximate surface area is 229 Å². The maximum atomic E-state index is 15.6. The highest BCUT2D eigenvalue weighted by Gasteiger charge is 2.64. The lowest BCUT2D eigenvalue weighted by Gasteiger charge is -2.39. The predicted molar refractivity (Wildman–Crippen MR) is 115 cm³/mol. The second kappa shape index (κ2) is 9.08. The average molecular weight is 624 g/mol. The maximum Gasteiger partial charge on any atom is 0.417 e. The van der Waals surface area contributed by atoms with E-state index < -0.39 is 110 Å². The van der Waals surface area contributed by atoms with Gasteiger partial charge in [-0.25, -0.2) is 28.0 Å². The van der Waals surface area contributed by atoms with Gasteiger partial charge in [0.2, 0.25) is 0 Å². The van der Waals surface area contributed by atoms with E-state index >= 15 is 17.6 Å². The second-order valence-corrected chi connectivity index (χ2v) is 9.04. The lowest BCUT2D eigenvalue weighted by Crippen LogP contribution is -2.47. The van der Waals surface area contributed by atoms with Gasteiger partial charge in [-0.15, -0.1) is 0 Å². The van der Waals surface area contributed by atoms with Gasteiger partial charge in [0.15, 0.2) is 0 Å². The van der Waals surface area contributed by atoms with Gasteiger partial charge in [0.1, 0.15) is 17.0 Å². The molecule has 0 unspecified atom stereocenters. The van der Waals surface area contributed by atoms with Gasteiger partial charge in [0.05, 0.1) is 33.4 Å². The molecule has 0 saturated carbocycles. The van der Waals surface area contributed by atoms with Crippen molar-refractivity contribution in [2.24, 2.45) is 0 Å². The summed E-state index contributed by atoms with van der Waals surface area (Å²) in [6, 6.07) is -0.0459. The van der Waals surface area contributed by atoms with Crippen molar-refractivity contribution in [2.75, 3.05) is 0 Å². The summed E-state index contributed by atoms with van der Waals surface area (Å²) in [6.07, 6.45) is -17.1. The number of carbonyl (C=O) groups excluding carboxylic acids is 4. The number of fused-ring (bicyclic) bond motifs is 2. The van der Waals surface area contributed by atoms with Gasteiger partial charge >= 0.3 is 42.4 Å². The molecule has 0 fully saturated rings. The van der Waals surface area contributed by atoms with Crippen molar-refractivity contribution < 1.29 is 76.9 Å². The molecular weight excluding hydrogens is 617 g/mol. The molecule has 0 saturated heterocycles. The number of rotatable bonds is 3. The van der Waals surface area contributed by atoms with Crippen molar-refractivity contribution in [2.45, 2.75) is 23.9 Å². The summed E-state index contributed by atoms with van der Waals surface area (Å²) < 4.78 is 167. The van der Waals surface area contributed by atoms with Crippen molar-refractivity contribution in [1.82, 2.24) is 0 Å². The lowest BCUT2D eigenvalue weighted by molar-refractivity contribution is -0.167. The highest BCUT2D eigenvalue weighted by Crippen LogP contribution is 2.57. The smallest absolute Gasteiger partial charge is 0.386 e. The van der Waals surface area contributed by atoms with Crippen LogP contribution in [-0.2, 0) is 27.2 Å². The van der Waals surface area contributed by atoms with E-state index in [0.29, 0.717) is 0 Å². The minimum absolute atomic E-state index is 0.0238. The number of halogens is 11. The zero-order valence-electron chi connectivity index (χ0n) is 20.1. The molecule has 224 valence electrons. The van der Waals surface area contributed by atoms with E-state index in [4.69, 9.17) is 0 Å². The van der Waals surface area contributed by atoms with E-state index in [2.05, 4.69) is 9.47 Å². The average Bonchev–Trinajstić information content (AvgIpc) is 3.33. The molecule has 2 heterocycles. The number of hydrogen-bond donors (Lipinski definition) is 0. The first-order chi connectivity index (χ1) is 19.7. The summed E-state index contributed by atoms with van der Waals surface area (Å²) in [5.74, 6) is -11.9. The summed E-state index contributed by atoms with van der Waals surface area (Å²) >= 11 is 0. The largest absolute Gasteiger partial charge is 0.417 e. The van der Waals surface area contributed by atoms with E-state index in [1.807, 2.05) is 0 Å². The molecule has 0 amide bonds. The molecule has 6 nitrogen and oxygen atoms in total. The van der Waals surface area contributed by atoms with E-state index in [-0.39, 0.29) is 42.5 Å². The molecule has 5 rings (SSSR count). The van der Waals surface area contributed by atoms with E-state index in [1.54, 1.807) is 0 Å². The van der Waals surface area contributed by atoms with Crippen LogP contribution in [-0.4, -0.2) is 30.1 Å². The quantitative estimate of drug-likeness (QED) is 0.143. The molecule has 0 atom stereocenters. The first-order valence-electron chi connectivity index (χ1n) is 11.3. The molecule has 3 aromatic rings. The summed E-state index contributed by atoms with van der Waals surface area (Å²) in [5.41, 5.74) is -20.6. The number of ether oxygens (including phenoxy) is 2. The van der Waals surface area contributed by atoms with Crippen molar-refractivity contribution in [3.05, 3.63) is 104 Å². The number of cyclic esters (lactones) is 4. The van der Waals surface area contributed by atoms with Crippen molar-refractivity contribution in [3.8, 4) is 0 Å². The van der Waals surface area contributed by atoms with Crippen molar-refractivity contribution in [3.63, 3.8) is 0 Å². The normalized spacial score (nSPS) is 15.4. The van der Waals surface area contributed by atoms with Gasteiger partial charge in [-0.1, -0.05) is 18.2 Å². The number of alkyl halides is 9. The number of esters is 4. The molecule has 0 N–H and O–H groups in total. The number of benzene rings is 3. The number of hydrogen-bond acceptors (Lipinski definition) is 6. The lowest BCUT2D eigenvalue weighted by atomic mass is 9.64. The summed E-state index contributed by atoms with van der Waals surface area (Å²) in [6.45, 7) is 0. The van der Waals surface area contributed by atoms with Crippen LogP contribution in [0.1, 0.15) is 69.2 Å². The van der Waals surface area contributed by atoms with Crippen LogP contribution < -0.4 is 0 Å². The summed E-state index contributed by atoms with van der Waals surface area (Å²) in [7, 11) is 0. The van der Waals surface area contributed by atoms with Crippen LogP contribution in [0.4, 0.5) is 48.3 Å². The van der Waals surface area contributed by atoms with E-state index in [1.165, 1.54) is 0 Å². The van der Waals surface area contributed by atoms with E-state index in [9.17, 15) is 49.9 Å². The van der Waals surface area contributed by atoms with Crippen LogP contribution >= 0.6 is 0 Å². The van der Waals surface area contributed by atoms with Crippen molar-refractivity contribution >= 4 is 23.9 Å². The zero-order chi connectivity index (χ0) is 32.0. The van der Waals surface area contributed by atoms with Crippen LogP contribution in [0.5, 0.6) is 0 Å². The molecular formula is C26H7F11O6. The van der Waals surface area contributed by atoms with Crippen LogP contribution in [0, 0.1) is 11.6 Å². The van der Waals surface area contributed by atoms with E-state index in [0.717, 1.165) is 0 Å². The monoisotopic (exact) mass is 624 g/mol. The Balaban J connectivity index is 2.08. The van der Waals surface area contributed by atoms with Gasteiger partial charge in [-0.3, -0.25) is 0 Å². The third-order valence-corrected chi connectivity index (χ3v) is 6.78. The Morgan fingerprint density at radius 1 is 0.465 bits per heavy atom. The zero-order valence-corrected chi connectivity index (χ0v) is 20.1. The Morgan fingerprint density at radius 3 is 1.12 bits per heavy atom. The Morgan fingerprint density at radius 2 is 0.791 bits per heavy atom. The number of carbonyl (C=O) groups is 4. The van der Waals surface area contributed by atoms with Gasteiger partial charge in [-0.05, 0) is 29.3 Å². The first kappa shape index (κ1) is 29.7. The Bertz CT molecular complexity index is 1690. The van der Waals surface area contributed by atoms with Gasteiger partial charge in [-0.2, -0.15) is 39.5 Å². The molecule has 0 bridgehead atoms. The molecule has 3 aromatic carbocycles.